The van der Waals surface area contributed by atoms with Gasteiger partial charge in [0.15, 0.2) is 0 Å². The molecule has 0 radical (unpaired) electrons. The number of hydrogen-bond acceptors (Lipinski definition) is 2. The highest BCUT2D eigenvalue weighted by Crippen LogP contribution is 2.25. The number of hydrogen-bond donors (Lipinski definition) is 2. The molecule has 58 valence electrons. The van der Waals surface area contributed by atoms with Crippen LogP contribution in [0.15, 0.2) is 29.3 Å². The molecular weight excluding hydrogens is 208 g/mol. The summed E-state index contributed by atoms with van der Waals surface area (Å²) in [5.74, 6) is 0.0474. The SMILES string of the molecule is C=C(O)c1cc(O)ccc1Br. The lowest BCUT2D eigenvalue weighted by Crippen LogP contribution is -1.81. The van der Waals surface area contributed by atoms with Gasteiger partial charge in [-0.3, -0.25) is 0 Å². The zero-order chi connectivity index (χ0) is 8.43. The minimum atomic E-state index is -0.0622. The molecule has 11 heavy (non-hydrogen) atoms. The highest BCUT2D eigenvalue weighted by molar-refractivity contribution is 9.10. The van der Waals surface area contributed by atoms with E-state index in [4.69, 9.17) is 10.2 Å². The summed E-state index contributed by atoms with van der Waals surface area (Å²) in [6.45, 7) is 3.34. The standard InChI is InChI=1S/C8H7BrO2/c1-5(10)7-4-6(11)2-3-8(7)9/h2-4,10-11H,1H2. The third kappa shape index (κ3) is 1.74. The smallest absolute Gasteiger partial charge is 0.116 e. The number of aliphatic hydroxyl groups is 1. The number of halogens is 1. The predicted molar refractivity (Wildman–Crippen MR) is 47.5 cm³/mol. The third-order valence-corrected chi connectivity index (χ3v) is 1.95. The van der Waals surface area contributed by atoms with Gasteiger partial charge in [0, 0.05) is 10.0 Å². The number of benzene rings is 1. The largest absolute Gasteiger partial charge is 0.508 e. The van der Waals surface area contributed by atoms with Gasteiger partial charge in [-0.05, 0) is 18.2 Å². The van der Waals surface area contributed by atoms with Crippen LogP contribution < -0.4 is 0 Å². The molecule has 0 saturated carbocycles. The first-order chi connectivity index (χ1) is 5.11. The minimum Gasteiger partial charge on any atom is -0.508 e. The van der Waals surface area contributed by atoms with Gasteiger partial charge in [-0.15, -0.1) is 0 Å². The van der Waals surface area contributed by atoms with E-state index >= 15 is 0 Å². The minimum absolute atomic E-state index is 0.0622. The molecule has 2 nitrogen and oxygen atoms in total. The van der Waals surface area contributed by atoms with E-state index in [0.29, 0.717) is 10.0 Å². The first kappa shape index (κ1) is 8.14. The Kier molecular flexibility index (Phi) is 2.19. The molecule has 0 atom stereocenters. The first-order valence-corrected chi connectivity index (χ1v) is 3.77. The molecule has 0 fully saturated rings. The number of aromatic hydroxyl groups is 1. The maximum absolute atomic E-state index is 9.01. The van der Waals surface area contributed by atoms with Crippen LogP contribution in [0.25, 0.3) is 5.76 Å². The molecule has 0 bridgehead atoms. The van der Waals surface area contributed by atoms with E-state index in [1.54, 1.807) is 6.07 Å². The van der Waals surface area contributed by atoms with Gasteiger partial charge < -0.3 is 10.2 Å². The van der Waals surface area contributed by atoms with Gasteiger partial charge in [0.05, 0.1) is 0 Å². The lowest BCUT2D eigenvalue weighted by Gasteiger charge is -2.01. The third-order valence-electron chi connectivity index (χ3n) is 1.26. The van der Waals surface area contributed by atoms with Crippen LogP contribution in [0.3, 0.4) is 0 Å². The zero-order valence-electron chi connectivity index (χ0n) is 5.71. The first-order valence-electron chi connectivity index (χ1n) is 2.98. The predicted octanol–water partition coefficient (Wildman–Crippen LogP) is 2.68. The monoisotopic (exact) mass is 214 g/mol. The van der Waals surface area contributed by atoms with Gasteiger partial charge in [-0.1, -0.05) is 22.5 Å². The van der Waals surface area contributed by atoms with E-state index in [0.717, 1.165) is 0 Å². The molecule has 0 aliphatic rings. The van der Waals surface area contributed by atoms with Crippen LogP contribution in [0.1, 0.15) is 5.56 Å². The van der Waals surface area contributed by atoms with E-state index in [1.165, 1.54) is 12.1 Å². The van der Waals surface area contributed by atoms with Gasteiger partial charge in [-0.2, -0.15) is 0 Å². The Labute approximate surface area is 72.9 Å². The van der Waals surface area contributed by atoms with Gasteiger partial charge in [0.1, 0.15) is 11.5 Å². The second-order valence-electron chi connectivity index (χ2n) is 2.11. The summed E-state index contributed by atoms with van der Waals surface area (Å²) in [6.07, 6.45) is 0. The maximum atomic E-state index is 9.01. The number of phenolic OH excluding ortho intramolecular Hbond substituents is 1. The molecule has 0 aliphatic heterocycles. The number of rotatable bonds is 1. The van der Waals surface area contributed by atoms with Crippen molar-refractivity contribution in [3.63, 3.8) is 0 Å². The molecule has 1 aromatic rings. The van der Waals surface area contributed by atoms with Gasteiger partial charge in [0.2, 0.25) is 0 Å². The lowest BCUT2D eigenvalue weighted by atomic mass is 10.2. The molecular formula is C8H7BrO2. The Morgan fingerprint density at radius 1 is 1.45 bits per heavy atom. The van der Waals surface area contributed by atoms with Crippen molar-refractivity contribution in [3.05, 3.63) is 34.8 Å². The number of phenols is 1. The van der Waals surface area contributed by atoms with E-state index in [1.807, 2.05) is 0 Å². The summed E-state index contributed by atoms with van der Waals surface area (Å²) < 4.78 is 0.711. The van der Waals surface area contributed by atoms with E-state index in [-0.39, 0.29) is 11.5 Å². The van der Waals surface area contributed by atoms with Crippen molar-refractivity contribution in [1.82, 2.24) is 0 Å². The van der Waals surface area contributed by atoms with Gasteiger partial charge >= 0.3 is 0 Å². The topological polar surface area (TPSA) is 40.5 Å². The van der Waals surface area contributed by atoms with Crippen molar-refractivity contribution in [1.29, 1.82) is 0 Å². The maximum Gasteiger partial charge on any atom is 0.116 e. The molecule has 0 heterocycles. The van der Waals surface area contributed by atoms with Crippen molar-refractivity contribution in [2.45, 2.75) is 0 Å². The second kappa shape index (κ2) is 2.96. The fourth-order valence-electron chi connectivity index (χ4n) is 0.734. The molecule has 3 heteroatoms. The van der Waals surface area contributed by atoms with Crippen LogP contribution in [0.4, 0.5) is 0 Å². The van der Waals surface area contributed by atoms with Crippen molar-refractivity contribution < 1.29 is 10.2 Å². The van der Waals surface area contributed by atoms with E-state index in [2.05, 4.69) is 22.5 Å². The molecule has 1 rings (SSSR count). The van der Waals surface area contributed by atoms with Gasteiger partial charge in [-0.25, -0.2) is 0 Å². The van der Waals surface area contributed by atoms with Crippen molar-refractivity contribution in [2.75, 3.05) is 0 Å². The fraction of sp³-hybridized carbons (Fsp3) is 0. The number of aliphatic hydroxyl groups excluding tert-OH is 1. The molecule has 0 spiro atoms. The average Bonchev–Trinajstić information content (AvgIpc) is 1.94. The average molecular weight is 215 g/mol. The molecule has 0 aromatic heterocycles. The highest BCUT2D eigenvalue weighted by Gasteiger charge is 2.02. The van der Waals surface area contributed by atoms with Crippen LogP contribution in [0, 0.1) is 0 Å². The van der Waals surface area contributed by atoms with Gasteiger partial charge in [0.25, 0.3) is 0 Å². The quantitative estimate of drug-likeness (QED) is 0.707. The van der Waals surface area contributed by atoms with E-state index < -0.39 is 0 Å². The Balaban J connectivity index is 3.23. The van der Waals surface area contributed by atoms with Crippen LogP contribution in [0.2, 0.25) is 0 Å². The molecule has 2 N–H and O–H groups in total. The molecule has 0 unspecified atom stereocenters. The summed E-state index contributed by atoms with van der Waals surface area (Å²) in [5.41, 5.74) is 0.505. The van der Waals surface area contributed by atoms with Crippen molar-refractivity contribution in [3.8, 4) is 5.75 Å². The Morgan fingerprint density at radius 2 is 2.09 bits per heavy atom. The van der Waals surface area contributed by atoms with Crippen molar-refractivity contribution >= 4 is 21.7 Å². The fourth-order valence-corrected chi connectivity index (χ4v) is 1.21. The van der Waals surface area contributed by atoms with E-state index in [9.17, 15) is 0 Å². The van der Waals surface area contributed by atoms with Crippen molar-refractivity contribution in [2.24, 2.45) is 0 Å². The zero-order valence-corrected chi connectivity index (χ0v) is 7.30. The Bertz CT molecular complexity index is 294. The van der Waals surface area contributed by atoms with Crippen LogP contribution in [-0.2, 0) is 0 Å². The second-order valence-corrected chi connectivity index (χ2v) is 2.97. The summed E-state index contributed by atoms with van der Waals surface area (Å²) in [7, 11) is 0. The lowest BCUT2D eigenvalue weighted by molar-refractivity contribution is 0.472. The summed E-state index contributed by atoms with van der Waals surface area (Å²) >= 11 is 3.20. The molecule has 0 saturated heterocycles. The summed E-state index contributed by atoms with van der Waals surface area (Å²) in [5, 5.41) is 18.0. The molecule has 0 amide bonds. The van der Waals surface area contributed by atoms with Crippen LogP contribution in [0.5, 0.6) is 5.75 Å². The molecule has 0 aliphatic carbocycles. The van der Waals surface area contributed by atoms with Crippen LogP contribution >= 0.6 is 15.9 Å². The summed E-state index contributed by atoms with van der Waals surface area (Å²) in [6, 6.07) is 4.61. The summed E-state index contributed by atoms with van der Waals surface area (Å²) in [4.78, 5) is 0. The Hall–Kier alpha value is -0.960. The Morgan fingerprint density at radius 3 is 2.55 bits per heavy atom. The molecule has 1 aromatic carbocycles. The highest BCUT2D eigenvalue weighted by atomic mass is 79.9. The van der Waals surface area contributed by atoms with Crippen LogP contribution in [-0.4, -0.2) is 10.2 Å². The normalized spacial score (nSPS) is 9.55.